The third kappa shape index (κ3) is 5.89. The minimum absolute atomic E-state index is 0.00124. The molecule has 0 saturated heterocycles. The maximum absolute atomic E-state index is 11.8. The number of thioether (sulfide) groups is 2. The topological polar surface area (TPSA) is 24.4 Å². The zero-order valence-corrected chi connectivity index (χ0v) is 10.6. The van der Waals surface area contributed by atoms with Gasteiger partial charge in [-0.05, 0) is 18.2 Å². The molecule has 1 N–H and O–H groups in total. The van der Waals surface area contributed by atoms with Crippen LogP contribution in [0.25, 0.3) is 0 Å². The Balaban J connectivity index is 2.07. The van der Waals surface area contributed by atoms with Gasteiger partial charge < -0.3 is 5.32 Å². The Labute approximate surface area is 102 Å². The molecule has 0 saturated carbocycles. The Hall–Kier alpha value is -0.0400. The van der Waals surface area contributed by atoms with Gasteiger partial charge in [0.15, 0.2) is 5.17 Å². The number of alkyl halides is 3. The second-order valence-corrected chi connectivity index (χ2v) is 5.84. The van der Waals surface area contributed by atoms with Crippen LogP contribution in [0.2, 0.25) is 0 Å². The maximum atomic E-state index is 11.8. The molecule has 94 valence electrons. The van der Waals surface area contributed by atoms with Gasteiger partial charge >= 0.3 is 5.51 Å². The second kappa shape index (κ2) is 6.64. The van der Waals surface area contributed by atoms with Gasteiger partial charge in [-0.15, -0.1) is 0 Å². The molecule has 0 aromatic rings. The van der Waals surface area contributed by atoms with Crippen molar-refractivity contribution in [2.24, 2.45) is 4.99 Å². The van der Waals surface area contributed by atoms with Crippen molar-refractivity contribution in [1.29, 1.82) is 0 Å². The van der Waals surface area contributed by atoms with Crippen LogP contribution in [-0.2, 0) is 0 Å². The third-order valence-electron chi connectivity index (χ3n) is 1.97. The summed E-state index contributed by atoms with van der Waals surface area (Å²) in [5.41, 5.74) is -4.13. The maximum Gasteiger partial charge on any atom is 0.441 e. The van der Waals surface area contributed by atoms with E-state index in [0.29, 0.717) is 11.8 Å². The van der Waals surface area contributed by atoms with Gasteiger partial charge in [-0.2, -0.15) is 13.2 Å². The van der Waals surface area contributed by atoms with E-state index in [4.69, 9.17) is 0 Å². The van der Waals surface area contributed by atoms with Crippen molar-refractivity contribution < 1.29 is 13.2 Å². The van der Waals surface area contributed by atoms with Gasteiger partial charge in [-0.3, -0.25) is 4.99 Å². The summed E-state index contributed by atoms with van der Waals surface area (Å²) in [5, 5.41) is 4.23. The number of aliphatic imine (C=N–C) groups is 1. The number of hydrogen-bond donors (Lipinski definition) is 1. The molecule has 1 heterocycles. The van der Waals surface area contributed by atoms with Crippen LogP contribution in [0, 0.1) is 0 Å². The predicted molar refractivity (Wildman–Crippen MR) is 65.1 cm³/mol. The fraction of sp³-hybridized carbons (Fsp3) is 0.889. The number of amidine groups is 1. The van der Waals surface area contributed by atoms with E-state index in [0.717, 1.165) is 24.6 Å². The fourth-order valence-corrected chi connectivity index (χ4v) is 2.90. The highest BCUT2D eigenvalue weighted by molar-refractivity contribution is 8.14. The van der Waals surface area contributed by atoms with Crippen molar-refractivity contribution in [2.45, 2.75) is 30.5 Å². The molecule has 1 atom stereocenters. The molecule has 1 rings (SSSR count). The predicted octanol–water partition coefficient (Wildman–Crippen LogP) is 3.10. The first-order chi connectivity index (χ1) is 7.51. The van der Waals surface area contributed by atoms with Crippen molar-refractivity contribution in [3.05, 3.63) is 0 Å². The van der Waals surface area contributed by atoms with Crippen LogP contribution in [-0.4, -0.2) is 34.8 Å². The summed E-state index contributed by atoms with van der Waals surface area (Å²) >= 11 is 1.64. The van der Waals surface area contributed by atoms with E-state index in [2.05, 4.69) is 17.2 Å². The van der Waals surface area contributed by atoms with Crippen LogP contribution in [0.1, 0.15) is 19.8 Å². The Morgan fingerprint density at radius 1 is 1.56 bits per heavy atom. The quantitative estimate of drug-likeness (QED) is 0.778. The van der Waals surface area contributed by atoms with Gasteiger partial charge in [-0.25, -0.2) is 0 Å². The monoisotopic (exact) mass is 272 g/mol. The third-order valence-corrected chi connectivity index (χ3v) is 3.92. The van der Waals surface area contributed by atoms with E-state index in [-0.39, 0.29) is 17.5 Å². The number of nitrogens with zero attached hydrogens (tertiary/aromatic N) is 1. The molecule has 1 unspecified atom stereocenters. The summed E-state index contributed by atoms with van der Waals surface area (Å²) in [4.78, 5) is 4.25. The molecule has 7 heteroatoms. The number of rotatable bonds is 5. The lowest BCUT2D eigenvalue weighted by Crippen LogP contribution is -2.23. The van der Waals surface area contributed by atoms with E-state index in [1.165, 1.54) is 0 Å². The average Bonchev–Trinajstić information content (AvgIpc) is 2.60. The molecule has 0 spiro atoms. The zero-order valence-electron chi connectivity index (χ0n) is 9.01. The van der Waals surface area contributed by atoms with Crippen LogP contribution in [0.4, 0.5) is 13.2 Å². The van der Waals surface area contributed by atoms with E-state index in [9.17, 15) is 13.2 Å². The van der Waals surface area contributed by atoms with E-state index in [1.807, 2.05) is 0 Å². The lowest BCUT2D eigenvalue weighted by Gasteiger charge is -2.08. The highest BCUT2D eigenvalue weighted by Crippen LogP contribution is 2.29. The molecule has 0 amide bonds. The van der Waals surface area contributed by atoms with Gasteiger partial charge in [0.05, 0.1) is 6.54 Å². The average molecular weight is 272 g/mol. The largest absolute Gasteiger partial charge is 0.441 e. The van der Waals surface area contributed by atoms with Crippen LogP contribution in [0.5, 0.6) is 0 Å². The highest BCUT2D eigenvalue weighted by Gasteiger charge is 2.27. The first kappa shape index (κ1) is 14.0. The minimum atomic E-state index is -4.13. The van der Waals surface area contributed by atoms with Gasteiger partial charge in [0.25, 0.3) is 0 Å². The molecule has 0 bridgehead atoms. The van der Waals surface area contributed by atoms with Crippen LogP contribution in [0.15, 0.2) is 4.99 Å². The SMILES string of the molecule is CCCC1CN=C(NCCSC(F)(F)F)S1. The van der Waals surface area contributed by atoms with Crippen molar-refractivity contribution in [3.8, 4) is 0 Å². The Bertz CT molecular complexity index is 243. The first-order valence-electron chi connectivity index (χ1n) is 5.17. The van der Waals surface area contributed by atoms with Crippen LogP contribution < -0.4 is 5.32 Å². The molecular formula is C9H15F3N2S2. The molecule has 16 heavy (non-hydrogen) atoms. The lowest BCUT2D eigenvalue weighted by atomic mass is 10.2. The molecule has 0 aromatic heterocycles. The zero-order chi connectivity index (χ0) is 12.0. The summed E-state index contributed by atoms with van der Waals surface area (Å²) in [6.45, 7) is 3.22. The van der Waals surface area contributed by atoms with Crippen molar-refractivity contribution in [1.82, 2.24) is 5.32 Å². The van der Waals surface area contributed by atoms with Gasteiger partial charge in [0.1, 0.15) is 0 Å². The Morgan fingerprint density at radius 3 is 2.94 bits per heavy atom. The second-order valence-electron chi connectivity index (χ2n) is 3.40. The standard InChI is InChI=1S/C9H15F3N2S2/c1-2-3-7-6-14-8(16-7)13-4-5-15-9(10,11)12/h7H,2-6H2,1H3,(H,13,14). The Morgan fingerprint density at radius 2 is 2.31 bits per heavy atom. The summed E-state index contributed by atoms with van der Waals surface area (Å²) in [6, 6.07) is 0. The summed E-state index contributed by atoms with van der Waals surface area (Å²) in [5.74, 6) is 0.0293. The summed E-state index contributed by atoms with van der Waals surface area (Å²) in [6.07, 6.45) is 2.22. The van der Waals surface area contributed by atoms with E-state index < -0.39 is 5.51 Å². The molecular weight excluding hydrogens is 257 g/mol. The molecule has 0 aliphatic carbocycles. The van der Waals surface area contributed by atoms with Crippen molar-refractivity contribution in [3.63, 3.8) is 0 Å². The normalized spacial score (nSPS) is 21.0. The summed E-state index contributed by atoms with van der Waals surface area (Å²) < 4.78 is 35.5. The Kier molecular flexibility index (Phi) is 5.82. The molecule has 1 aliphatic rings. The molecule has 0 aromatic carbocycles. The van der Waals surface area contributed by atoms with Crippen molar-refractivity contribution in [2.75, 3.05) is 18.8 Å². The van der Waals surface area contributed by atoms with E-state index >= 15 is 0 Å². The van der Waals surface area contributed by atoms with Crippen LogP contribution in [0.3, 0.4) is 0 Å². The van der Waals surface area contributed by atoms with Gasteiger partial charge in [0.2, 0.25) is 0 Å². The number of nitrogens with one attached hydrogen (secondary N) is 1. The van der Waals surface area contributed by atoms with Crippen LogP contribution >= 0.6 is 23.5 Å². The molecule has 1 aliphatic heterocycles. The van der Waals surface area contributed by atoms with Gasteiger partial charge in [0, 0.05) is 17.5 Å². The lowest BCUT2D eigenvalue weighted by molar-refractivity contribution is -0.0327. The molecule has 0 fully saturated rings. The fourth-order valence-electron chi connectivity index (χ4n) is 1.31. The molecule has 0 radical (unpaired) electrons. The van der Waals surface area contributed by atoms with Gasteiger partial charge in [-0.1, -0.05) is 25.1 Å². The first-order valence-corrected chi connectivity index (χ1v) is 7.03. The smallest absolute Gasteiger partial charge is 0.364 e. The number of hydrogen-bond acceptors (Lipinski definition) is 4. The van der Waals surface area contributed by atoms with E-state index in [1.54, 1.807) is 11.8 Å². The summed E-state index contributed by atoms with van der Waals surface area (Å²) in [7, 11) is 0. The highest BCUT2D eigenvalue weighted by atomic mass is 32.2. The number of halogens is 3. The van der Waals surface area contributed by atoms with Crippen molar-refractivity contribution >= 4 is 28.7 Å². The molecule has 2 nitrogen and oxygen atoms in total. The minimum Gasteiger partial charge on any atom is -0.364 e.